The highest BCUT2D eigenvalue weighted by molar-refractivity contribution is 6.83. The first-order valence-corrected chi connectivity index (χ1v) is 25.2. The quantitative estimate of drug-likeness (QED) is 0.0804. The molecule has 4 atom stereocenters. The number of benzene rings is 1. The van der Waals surface area contributed by atoms with Crippen molar-refractivity contribution < 1.29 is 46.7 Å². The van der Waals surface area contributed by atoms with E-state index in [1.54, 1.807) is 31.0 Å². The molecular weight excluding hydrogens is 808 g/mol. The fraction of sp³-hybridized carbons (Fsp3) is 0.667. The molecule has 326 valence electrons. The number of nitro benzene ring substituents is 1. The van der Waals surface area contributed by atoms with Gasteiger partial charge in [-0.05, 0) is 56.1 Å². The van der Waals surface area contributed by atoms with E-state index >= 15 is 0 Å². The van der Waals surface area contributed by atoms with E-state index < -0.39 is 80.4 Å². The average Bonchev–Trinajstić information content (AvgIpc) is 3.68. The van der Waals surface area contributed by atoms with E-state index in [2.05, 4.69) is 94.9 Å². The maximum atomic E-state index is 14.2. The van der Waals surface area contributed by atoms with Crippen molar-refractivity contribution in [3.05, 3.63) is 39.4 Å². The summed E-state index contributed by atoms with van der Waals surface area (Å²) >= 11 is 0. The van der Waals surface area contributed by atoms with Crippen LogP contribution in [0, 0.1) is 22.0 Å². The Morgan fingerprint density at radius 3 is 2.29 bits per heavy atom. The van der Waals surface area contributed by atoms with Gasteiger partial charge < -0.3 is 29.2 Å². The van der Waals surface area contributed by atoms with Crippen LogP contribution in [0.15, 0.2) is 33.2 Å². The van der Waals surface area contributed by atoms with E-state index in [0.717, 1.165) is 6.07 Å². The SMILES string of the molecule is CC(C)(C)OC(=O)C1(NCc2ccc(C#CCNC(=O)C(F)(F)F)cc2[N+](=O)[O-])N=CN=C2C1=NCN2[C@H]1C[C@@](O)([Si](C)(C)C(C)(C)C)[C@@H](CO[Si](C)(C)C(C)(C)C)O1. The van der Waals surface area contributed by atoms with Gasteiger partial charge in [0.1, 0.15) is 36.7 Å². The molecule has 3 heterocycles. The Morgan fingerprint density at radius 1 is 1.08 bits per heavy atom. The summed E-state index contributed by atoms with van der Waals surface area (Å²) in [4.78, 5) is 52.4. The molecule has 0 saturated carbocycles. The third kappa shape index (κ3) is 9.97. The minimum absolute atomic E-state index is 0.00520. The predicted molar refractivity (Wildman–Crippen MR) is 223 cm³/mol. The Hall–Kier alpha value is -4.01. The average molecular weight is 866 g/mol. The lowest BCUT2D eigenvalue weighted by Crippen LogP contribution is -2.65. The molecule has 1 amide bonds. The number of aliphatic imine (C=N–C) groups is 3. The van der Waals surface area contributed by atoms with Gasteiger partial charge in [-0.25, -0.2) is 14.8 Å². The zero-order valence-corrected chi connectivity index (χ0v) is 38.2. The number of amidine groups is 1. The van der Waals surface area contributed by atoms with E-state index in [1.165, 1.54) is 18.5 Å². The lowest BCUT2D eigenvalue weighted by molar-refractivity contribution is -0.385. The monoisotopic (exact) mass is 865 g/mol. The number of ether oxygens (including phenoxy) is 2. The number of fused-ring (bicyclic) bond motifs is 1. The molecule has 1 aromatic carbocycles. The summed E-state index contributed by atoms with van der Waals surface area (Å²) in [6.45, 7) is 25.7. The first kappa shape index (κ1) is 47.7. The minimum atomic E-state index is -5.08. The number of nitrogens with one attached hydrogen (secondary N) is 2. The zero-order chi connectivity index (χ0) is 44.8. The molecule has 3 N–H and O–H groups in total. The summed E-state index contributed by atoms with van der Waals surface area (Å²) in [6.07, 6.45) is -5.06. The molecule has 0 aromatic heterocycles. The molecule has 0 aliphatic carbocycles. The fourth-order valence-corrected chi connectivity index (χ4v) is 10.4. The van der Waals surface area contributed by atoms with Crippen LogP contribution in [0.5, 0.6) is 0 Å². The van der Waals surface area contributed by atoms with Crippen molar-refractivity contribution in [1.29, 1.82) is 0 Å². The second-order valence-corrected chi connectivity index (χ2v) is 29.5. The number of nitro groups is 1. The minimum Gasteiger partial charge on any atom is -0.457 e. The van der Waals surface area contributed by atoms with Gasteiger partial charge in [-0.15, -0.1) is 0 Å². The molecule has 1 fully saturated rings. The van der Waals surface area contributed by atoms with Crippen LogP contribution in [0.3, 0.4) is 0 Å². The predicted octanol–water partition coefficient (Wildman–Crippen LogP) is 5.82. The number of carbonyl (C=O) groups is 2. The van der Waals surface area contributed by atoms with Crippen molar-refractivity contribution in [3.63, 3.8) is 0 Å². The van der Waals surface area contributed by atoms with E-state index in [1.807, 2.05) is 0 Å². The Labute approximate surface area is 345 Å². The summed E-state index contributed by atoms with van der Waals surface area (Å²) in [7, 11) is -4.82. The molecule has 59 heavy (non-hydrogen) atoms. The van der Waals surface area contributed by atoms with Gasteiger partial charge in [-0.1, -0.05) is 66.5 Å². The van der Waals surface area contributed by atoms with E-state index in [-0.39, 0.29) is 59.0 Å². The summed E-state index contributed by atoms with van der Waals surface area (Å²) in [5.41, 5.74) is -3.07. The van der Waals surface area contributed by atoms with Crippen molar-refractivity contribution >= 4 is 51.8 Å². The normalized spacial score (nSPS) is 23.8. The summed E-state index contributed by atoms with van der Waals surface area (Å²) < 4.78 is 56.8. The van der Waals surface area contributed by atoms with Crippen LogP contribution < -0.4 is 10.6 Å². The second-order valence-electron chi connectivity index (χ2n) is 19.1. The highest BCUT2D eigenvalue weighted by atomic mass is 28.4. The van der Waals surface area contributed by atoms with E-state index in [4.69, 9.17) is 18.9 Å². The molecule has 0 spiro atoms. The topological polar surface area (TPSA) is 190 Å². The number of aliphatic hydroxyl groups is 1. The van der Waals surface area contributed by atoms with Crippen LogP contribution in [0.1, 0.15) is 79.9 Å². The number of esters is 1. The maximum absolute atomic E-state index is 14.2. The van der Waals surface area contributed by atoms with Crippen molar-refractivity contribution in [1.82, 2.24) is 15.5 Å². The molecule has 1 unspecified atom stereocenters. The third-order valence-corrected chi connectivity index (χ3v) is 23.0. The van der Waals surface area contributed by atoms with Gasteiger partial charge in [0, 0.05) is 30.2 Å². The highest BCUT2D eigenvalue weighted by Crippen LogP contribution is 2.51. The number of hydrogen-bond donors (Lipinski definition) is 3. The second kappa shape index (κ2) is 16.5. The summed E-state index contributed by atoms with van der Waals surface area (Å²) in [5, 5.41) is 28.2. The first-order chi connectivity index (χ1) is 26.8. The molecule has 20 heteroatoms. The van der Waals surface area contributed by atoms with Crippen LogP contribution in [-0.2, 0) is 30.0 Å². The Morgan fingerprint density at radius 2 is 1.73 bits per heavy atom. The number of halogens is 3. The first-order valence-electron chi connectivity index (χ1n) is 19.3. The highest BCUT2D eigenvalue weighted by Gasteiger charge is 2.63. The molecule has 0 bridgehead atoms. The molecule has 0 radical (unpaired) electrons. The maximum Gasteiger partial charge on any atom is 0.471 e. The van der Waals surface area contributed by atoms with Crippen LogP contribution in [0.25, 0.3) is 0 Å². The number of nitrogens with zero attached hydrogens (tertiary/aromatic N) is 5. The van der Waals surface area contributed by atoms with Gasteiger partial charge in [0.2, 0.25) is 0 Å². The van der Waals surface area contributed by atoms with E-state index in [0.29, 0.717) is 0 Å². The number of hydrogen-bond acceptors (Lipinski definition) is 13. The lowest BCUT2D eigenvalue weighted by Gasteiger charge is -2.49. The smallest absolute Gasteiger partial charge is 0.457 e. The van der Waals surface area contributed by atoms with Crippen molar-refractivity contribution in [2.45, 2.75) is 147 Å². The summed E-state index contributed by atoms with van der Waals surface area (Å²) in [6, 6.07) is 3.94. The van der Waals surface area contributed by atoms with Gasteiger partial charge in [0.05, 0.1) is 31.4 Å². The number of alkyl halides is 3. The number of rotatable bonds is 11. The van der Waals surface area contributed by atoms with Crippen LogP contribution in [0.4, 0.5) is 18.9 Å². The van der Waals surface area contributed by atoms with Gasteiger partial charge in [-0.3, -0.25) is 25.2 Å². The van der Waals surface area contributed by atoms with Crippen molar-refractivity contribution in [2.75, 3.05) is 19.8 Å². The summed E-state index contributed by atoms with van der Waals surface area (Å²) in [5.74, 6) is 2.11. The molecule has 3 aliphatic heterocycles. The fourth-order valence-electron chi connectivity index (χ4n) is 6.47. The van der Waals surface area contributed by atoms with Gasteiger partial charge in [0.15, 0.2) is 14.2 Å². The molecule has 1 saturated heterocycles. The van der Waals surface area contributed by atoms with Crippen molar-refractivity contribution in [2.24, 2.45) is 15.0 Å². The number of carbonyl (C=O) groups excluding carboxylic acids is 2. The molecule has 15 nitrogen and oxygen atoms in total. The molecular formula is C39H58F3N7O8Si2. The Balaban J connectivity index is 1.66. The molecule has 1 aromatic rings. The van der Waals surface area contributed by atoms with Gasteiger partial charge in [0.25, 0.3) is 11.4 Å². The van der Waals surface area contributed by atoms with Gasteiger partial charge >= 0.3 is 18.1 Å². The van der Waals surface area contributed by atoms with Crippen LogP contribution in [0.2, 0.25) is 36.3 Å². The molecule has 3 aliphatic rings. The zero-order valence-electron chi connectivity index (χ0n) is 36.2. The largest absolute Gasteiger partial charge is 0.471 e. The lowest BCUT2D eigenvalue weighted by atomic mass is 10.00. The molecule has 4 rings (SSSR count). The van der Waals surface area contributed by atoms with E-state index in [9.17, 15) is 38.0 Å². The standard InChI is InChI=1S/C39H58F3N7O8Si2/c1-34(2,3)57-33(51)38(46-21-26-17-16-25(19-27(26)49(53)54)15-14-18-43-32(50)39(40,41)42)30-31(44-23-47-38)48(24-45-30)29-20-37(52,58(10,11)35(4,5)6)28(56-29)22-55-59(12,13)36(7,8)9/h16-17,19,23,28-29,46,52H,18,20-22,24H2,1-13H3,(H,43,50)/t28-,29-,37-,38?/m1/s1. The Kier molecular flexibility index (Phi) is 13.3. The number of amides is 1. The van der Waals surface area contributed by atoms with Gasteiger partial charge in [-0.2, -0.15) is 13.2 Å². The Bertz CT molecular complexity index is 1980. The third-order valence-electron chi connectivity index (χ3n) is 12.0. The van der Waals surface area contributed by atoms with Crippen LogP contribution in [-0.4, -0.2) is 116 Å². The van der Waals surface area contributed by atoms with Crippen LogP contribution >= 0.6 is 0 Å². The van der Waals surface area contributed by atoms with Crippen molar-refractivity contribution in [3.8, 4) is 11.8 Å².